The number of hydrogen-bond acceptors (Lipinski definition) is 5. The number of aromatic hydroxyl groups is 1. The second-order valence-corrected chi connectivity index (χ2v) is 10.6. The Labute approximate surface area is 247 Å². The monoisotopic (exact) mass is 563 g/mol. The van der Waals surface area contributed by atoms with E-state index in [1.54, 1.807) is 41.5 Å². The number of phenols is 1. The van der Waals surface area contributed by atoms with Gasteiger partial charge in [-0.25, -0.2) is 0 Å². The van der Waals surface area contributed by atoms with Crippen LogP contribution in [-0.4, -0.2) is 59.4 Å². The van der Waals surface area contributed by atoms with Gasteiger partial charge in [-0.3, -0.25) is 9.59 Å². The lowest BCUT2D eigenvalue weighted by atomic mass is 10.0. The highest BCUT2D eigenvalue weighted by Crippen LogP contribution is 2.23. The molecule has 4 aromatic rings. The maximum Gasteiger partial charge on any atom is 0.251 e. The molecule has 0 unspecified atom stereocenters. The molecule has 2 N–H and O–H groups in total. The lowest BCUT2D eigenvalue weighted by Gasteiger charge is -2.22. The third kappa shape index (κ3) is 8.21. The van der Waals surface area contributed by atoms with Crippen LogP contribution in [0.4, 0.5) is 0 Å². The van der Waals surface area contributed by atoms with Gasteiger partial charge in [0.2, 0.25) is 5.91 Å². The Kier molecular flexibility index (Phi) is 9.86. The lowest BCUT2D eigenvalue weighted by Crippen LogP contribution is -2.33. The third-order valence-corrected chi connectivity index (χ3v) is 7.52. The minimum atomic E-state index is -0.122. The molecule has 0 bridgehead atoms. The van der Waals surface area contributed by atoms with Crippen molar-refractivity contribution in [2.24, 2.45) is 0 Å². The van der Waals surface area contributed by atoms with E-state index in [1.165, 1.54) is 18.9 Å². The second-order valence-electron chi connectivity index (χ2n) is 10.6. The van der Waals surface area contributed by atoms with Crippen LogP contribution in [0.1, 0.15) is 40.1 Å². The fourth-order valence-electron chi connectivity index (χ4n) is 5.18. The van der Waals surface area contributed by atoms with Crippen molar-refractivity contribution in [1.82, 2.24) is 15.1 Å². The van der Waals surface area contributed by atoms with E-state index in [-0.39, 0.29) is 17.6 Å². The molecule has 7 nitrogen and oxygen atoms in total. The number of rotatable bonds is 12. The number of likely N-dealkylation sites (tertiary alicyclic amines) is 1. The number of phenolic OH excluding ortho intramolecular Hbond substituents is 1. The maximum absolute atomic E-state index is 13.3. The van der Waals surface area contributed by atoms with Crippen molar-refractivity contribution in [3.8, 4) is 16.9 Å². The van der Waals surface area contributed by atoms with E-state index in [2.05, 4.69) is 16.3 Å². The summed E-state index contributed by atoms with van der Waals surface area (Å²) in [5, 5.41) is 12.7. The molecule has 1 aromatic heterocycles. The van der Waals surface area contributed by atoms with Gasteiger partial charge in [0.15, 0.2) is 0 Å². The highest BCUT2D eigenvalue weighted by molar-refractivity contribution is 5.95. The fourth-order valence-corrected chi connectivity index (χ4v) is 5.18. The van der Waals surface area contributed by atoms with E-state index >= 15 is 0 Å². The summed E-state index contributed by atoms with van der Waals surface area (Å²) in [6.45, 7) is 4.67. The van der Waals surface area contributed by atoms with Gasteiger partial charge in [-0.15, -0.1) is 0 Å². The first kappa shape index (κ1) is 28.9. The van der Waals surface area contributed by atoms with Crippen LogP contribution >= 0.6 is 0 Å². The zero-order chi connectivity index (χ0) is 29.1. The molecule has 0 aliphatic carbocycles. The second kappa shape index (κ2) is 14.3. The van der Waals surface area contributed by atoms with Crippen LogP contribution in [0.15, 0.2) is 102 Å². The zero-order valence-electron chi connectivity index (χ0n) is 23.7. The van der Waals surface area contributed by atoms with Gasteiger partial charge < -0.3 is 24.6 Å². The molecule has 1 saturated heterocycles. The highest BCUT2D eigenvalue weighted by atomic mass is 16.3. The van der Waals surface area contributed by atoms with Gasteiger partial charge in [-0.05, 0) is 103 Å². The fraction of sp³-hybridized carbons (Fsp3) is 0.257. The summed E-state index contributed by atoms with van der Waals surface area (Å²) in [6.07, 6.45) is 7.90. The van der Waals surface area contributed by atoms with Crippen LogP contribution in [0.5, 0.6) is 5.75 Å². The Morgan fingerprint density at radius 2 is 1.67 bits per heavy atom. The molecule has 42 heavy (non-hydrogen) atoms. The third-order valence-electron chi connectivity index (χ3n) is 7.52. The predicted molar refractivity (Wildman–Crippen MR) is 165 cm³/mol. The first-order valence-corrected chi connectivity index (χ1v) is 14.5. The molecule has 216 valence electrons. The molecule has 7 heteroatoms. The van der Waals surface area contributed by atoms with Crippen molar-refractivity contribution in [2.75, 3.05) is 32.7 Å². The summed E-state index contributed by atoms with van der Waals surface area (Å²) >= 11 is 0. The van der Waals surface area contributed by atoms with Crippen LogP contribution in [0.2, 0.25) is 0 Å². The molecule has 0 atom stereocenters. The van der Waals surface area contributed by atoms with Crippen molar-refractivity contribution >= 4 is 17.9 Å². The number of carbonyl (C=O) groups excluding carboxylic acids is 2. The van der Waals surface area contributed by atoms with Gasteiger partial charge >= 0.3 is 0 Å². The van der Waals surface area contributed by atoms with Crippen LogP contribution < -0.4 is 5.32 Å². The molecular weight excluding hydrogens is 526 g/mol. The first-order chi connectivity index (χ1) is 20.5. The number of amides is 2. The predicted octanol–water partition coefficient (Wildman–Crippen LogP) is 5.76. The van der Waals surface area contributed by atoms with Gasteiger partial charge in [-0.2, -0.15) is 0 Å². The number of nitrogens with zero attached hydrogens (tertiary/aromatic N) is 2. The van der Waals surface area contributed by atoms with E-state index in [9.17, 15) is 14.7 Å². The van der Waals surface area contributed by atoms with Crippen molar-refractivity contribution in [3.63, 3.8) is 0 Å². The normalized spacial score (nSPS) is 13.4. The Morgan fingerprint density at radius 3 is 2.43 bits per heavy atom. The van der Waals surface area contributed by atoms with Gasteiger partial charge in [0.05, 0.1) is 6.26 Å². The zero-order valence-corrected chi connectivity index (χ0v) is 23.7. The molecule has 1 aliphatic rings. The molecular formula is C35H37N3O4. The maximum atomic E-state index is 13.3. The molecule has 1 fully saturated rings. The Morgan fingerprint density at radius 1 is 0.905 bits per heavy atom. The summed E-state index contributed by atoms with van der Waals surface area (Å²) in [7, 11) is 0. The van der Waals surface area contributed by atoms with Gasteiger partial charge in [0.25, 0.3) is 5.91 Å². The van der Waals surface area contributed by atoms with Gasteiger partial charge in [0, 0.05) is 37.8 Å². The summed E-state index contributed by atoms with van der Waals surface area (Å²) in [4.78, 5) is 30.3. The number of carbonyl (C=O) groups is 2. The topological polar surface area (TPSA) is 86.0 Å². The number of benzene rings is 3. The standard InChI is InChI=1S/C35H37N3O4/c39-32-13-11-27(12-14-32)17-21-38(34(40)16-15-33-10-5-23-42-33)26-28-6-3-7-29(24-28)30-8-4-9-31(25-30)35(41)36-18-22-37-19-1-2-20-37/h3-16,23-25,39H,1-2,17-22,26H2,(H,36,41)/b16-15+. The SMILES string of the molecule is O=C(NCCN1CCCC1)c1cccc(-c2cccc(CN(CCc3ccc(O)cc3)C(=O)/C=C/c3ccco3)c2)c1. The van der Waals surface area contributed by atoms with Crippen LogP contribution in [0, 0.1) is 0 Å². The number of hydrogen-bond donors (Lipinski definition) is 2. The molecule has 3 aromatic carbocycles. The van der Waals surface area contributed by atoms with E-state index in [4.69, 9.17) is 4.42 Å². The Hall–Kier alpha value is -4.62. The van der Waals surface area contributed by atoms with E-state index in [0.717, 1.165) is 41.9 Å². The molecule has 0 saturated carbocycles. The minimum absolute atomic E-state index is 0.0680. The van der Waals surface area contributed by atoms with Crippen molar-refractivity contribution in [2.45, 2.75) is 25.8 Å². The molecule has 1 aliphatic heterocycles. The van der Waals surface area contributed by atoms with E-state index in [0.29, 0.717) is 37.4 Å². The average Bonchev–Trinajstić information content (AvgIpc) is 3.74. The number of nitrogens with one attached hydrogen (secondary N) is 1. The van der Waals surface area contributed by atoms with E-state index < -0.39 is 0 Å². The average molecular weight is 564 g/mol. The van der Waals surface area contributed by atoms with Crippen LogP contribution in [0.3, 0.4) is 0 Å². The van der Waals surface area contributed by atoms with Crippen LogP contribution in [0.25, 0.3) is 17.2 Å². The summed E-state index contributed by atoms with van der Waals surface area (Å²) in [6, 6.07) is 26.4. The Balaban J connectivity index is 1.27. The van der Waals surface area contributed by atoms with Crippen molar-refractivity contribution < 1.29 is 19.1 Å². The number of furan rings is 1. The first-order valence-electron chi connectivity index (χ1n) is 14.5. The summed E-state index contributed by atoms with van der Waals surface area (Å²) in [5.41, 5.74) is 4.58. The smallest absolute Gasteiger partial charge is 0.251 e. The quantitative estimate of drug-likeness (QED) is 0.214. The minimum Gasteiger partial charge on any atom is -0.508 e. The largest absolute Gasteiger partial charge is 0.508 e. The van der Waals surface area contributed by atoms with E-state index in [1.807, 2.05) is 54.6 Å². The molecule has 0 radical (unpaired) electrons. The van der Waals surface area contributed by atoms with Gasteiger partial charge in [0.1, 0.15) is 11.5 Å². The highest BCUT2D eigenvalue weighted by Gasteiger charge is 2.14. The summed E-state index contributed by atoms with van der Waals surface area (Å²) < 4.78 is 5.35. The molecule has 2 amide bonds. The van der Waals surface area contributed by atoms with Crippen LogP contribution in [-0.2, 0) is 17.8 Å². The van der Waals surface area contributed by atoms with Gasteiger partial charge in [-0.1, -0.05) is 42.5 Å². The molecule has 0 spiro atoms. The van der Waals surface area contributed by atoms with Crippen molar-refractivity contribution in [1.29, 1.82) is 0 Å². The summed E-state index contributed by atoms with van der Waals surface area (Å²) in [5.74, 6) is 0.641. The van der Waals surface area contributed by atoms with Crippen molar-refractivity contribution in [3.05, 3.63) is 120 Å². The molecule has 2 heterocycles. The molecule has 5 rings (SSSR count). The lowest BCUT2D eigenvalue weighted by molar-refractivity contribution is -0.126. The Bertz CT molecular complexity index is 1490.